The van der Waals surface area contributed by atoms with Gasteiger partial charge in [0.05, 0.1) is 0 Å². The summed E-state index contributed by atoms with van der Waals surface area (Å²) in [4.78, 5) is 74.7. The summed E-state index contributed by atoms with van der Waals surface area (Å²) in [5.41, 5.74) is 0. The van der Waals surface area contributed by atoms with Crippen molar-refractivity contribution in [2.24, 2.45) is 0 Å². The maximum absolute atomic E-state index is 11.6. The highest BCUT2D eigenvalue weighted by molar-refractivity contribution is 7.50. The average Bonchev–Trinajstić information content (AvgIpc) is 2.42. The SMILES string of the molecule is O=P(O)(O)N1/C=C\N(P(=O)(O)O)CCN(P(=O)(O)O)CCN(P(=O)(O)O)CC1. The third-order valence-electron chi connectivity index (χ3n) is 3.61. The first-order valence-corrected chi connectivity index (χ1v) is 13.6. The van der Waals surface area contributed by atoms with Crippen molar-refractivity contribution in [3.05, 3.63) is 12.4 Å². The number of hydrogen-bond donors (Lipinski definition) is 8. The Morgan fingerprint density at radius 3 is 0.929 bits per heavy atom. The van der Waals surface area contributed by atoms with Gasteiger partial charge in [0.1, 0.15) is 0 Å². The van der Waals surface area contributed by atoms with Crippen LogP contribution in [0.15, 0.2) is 12.4 Å². The Labute approximate surface area is 159 Å². The summed E-state index contributed by atoms with van der Waals surface area (Å²) in [6.07, 6.45) is 1.25. The molecule has 166 valence electrons. The van der Waals surface area contributed by atoms with Gasteiger partial charge in [0, 0.05) is 51.7 Å². The van der Waals surface area contributed by atoms with E-state index in [0.29, 0.717) is 31.1 Å². The Balaban J connectivity index is 3.31. The zero-order chi connectivity index (χ0) is 22.0. The first-order valence-electron chi connectivity index (χ1n) is 7.38. The monoisotopic (exact) mass is 490 g/mol. The van der Waals surface area contributed by atoms with Crippen LogP contribution in [0.3, 0.4) is 0 Å². The summed E-state index contributed by atoms with van der Waals surface area (Å²) < 4.78 is 47.8. The fourth-order valence-corrected chi connectivity index (χ4v) is 4.72. The van der Waals surface area contributed by atoms with E-state index in [4.69, 9.17) is 0 Å². The van der Waals surface area contributed by atoms with Gasteiger partial charge in [-0.2, -0.15) is 0 Å². The first kappa shape index (κ1) is 25.9. The molecule has 0 unspecified atom stereocenters. The Hall–Kier alpha value is -0.140. The molecule has 28 heavy (non-hydrogen) atoms. The second kappa shape index (κ2) is 9.34. The molecule has 1 rings (SSSR count). The van der Waals surface area contributed by atoms with Crippen molar-refractivity contribution in [2.45, 2.75) is 0 Å². The minimum absolute atomic E-state index is 0.334. The van der Waals surface area contributed by atoms with Crippen molar-refractivity contribution in [3.63, 3.8) is 0 Å². The topological polar surface area (TPSA) is 243 Å². The van der Waals surface area contributed by atoms with E-state index in [-0.39, 0.29) is 0 Å². The van der Waals surface area contributed by atoms with Crippen LogP contribution in [-0.2, 0) is 18.3 Å². The van der Waals surface area contributed by atoms with Crippen LogP contribution in [0.4, 0.5) is 0 Å². The fraction of sp³-hybridized carbons (Fsp3) is 0.750. The zero-order valence-corrected chi connectivity index (χ0v) is 17.8. The normalized spacial score (nSPS) is 21.9. The second-order valence-corrected chi connectivity index (χ2v) is 11.8. The van der Waals surface area contributed by atoms with Gasteiger partial charge in [-0.1, -0.05) is 0 Å². The molecule has 0 aromatic rings. The zero-order valence-electron chi connectivity index (χ0n) is 14.2. The lowest BCUT2D eigenvalue weighted by atomic mass is 10.5. The largest absolute Gasteiger partial charge is 0.429 e. The standard InChI is InChI=1S/C8H22N4O12P4/c13-25(14,15)9-1-2-10(26(16,17)18)5-6-12(28(22,23)24)8-7-11(4-3-9)27(19,20)21/h1-2H,3-8H2,(H2,13,14,15)(H2,16,17,18)(H2,19,20,21)(H2,22,23,24)/b2-1-. The minimum atomic E-state index is -4.99. The summed E-state index contributed by atoms with van der Waals surface area (Å²) in [5, 5.41) is 0. The smallest absolute Gasteiger partial charge is 0.312 e. The molecule has 8 N–H and O–H groups in total. The van der Waals surface area contributed by atoms with Gasteiger partial charge in [-0.3, -0.25) is 9.34 Å². The van der Waals surface area contributed by atoms with Crippen LogP contribution in [-0.4, -0.2) is 97.1 Å². The van der Waals surface area contributed by atoms with E-state index in [2.05, 4.69) is 0 Å². The van der Waals surface area contributed by atoms with Gasteiger partial charge in [0.25, 0.3) is 0 Å². The van der Waals surface area contributed by atoms with Crippen LogP contribution in [0.5, 0.6) is 0 Å². The predicted octanol–water partition coefficient (Wildman–Crippen LogP) is -1.95. The summed E-state index contributed by atoms with van der Waals surface area (Å²) >= 11 is 0. The summed E-state index contributed by atoms with van der Waals surface area (Å²) in [7, 11) is -19.8. The van der Waals surface area contributed by atoms with E-state index in [1.54, 1.807) is 0 Å². The molecule has 0 fully saturated rings. The van der Waals surface area contributed by atoms with Crippen molar-refractivity contribution in [3.8, 4) is 0 Å². The van der Waals surface area contributed by atoms with Crippen molar-refractivity contribution >= 4 is 31.0 Å². The van der Waals surface area contributed by atoms with Gasteiger partial charge >= 0.3 is 31.0 Å². The summed E-state index contributed by atoms with van der Waals surface area (Å²) in [6, 6.07) is 0. The van der Waals surface area contributed by atoms with Crippen LogP contribution in [0.1, 0.15) is 0 Å². The number of rotatable bonds is 4. The molecule has 0 aliphatic carbocycles. The molecule has 20 heteroatoms. The lowest BCUT2D eigenvalue weighted by Gasteiger charge is -2.32. The lowest BCUT2D eigenvalue weighted by molar-refractivity contribution is 0.212. The van der Waals surface area contributed by atoms with Crippen LogP contribution in [0.2, 0.25) is 0 Å². The van der Waals surface area contributed by atoms with Gasteiger partial charge in [0.15, 0.2) is 0 Å². The molecule has 0 aromatic heterocycles. The van der Waals surface area contributed by atoms with Gasteiger partial charge in [-0.05, 0) is 0 Å². The van der Waals surface area contributed by atoms with Gasteiger partial charge in [-0.15, -0.1) is 0 Å². The maximum atomic E-state index is 11.6. The maximum Gasteiger partial charge on any atom is 0.429 e. The highest BCUT2D eigenvalue weighted by Crippen LogP contribution is 2.46. The third-order valence-corrected chi connectivity index (χ3v) is 7.89. The molecule has 0 saturated heterocycles. The van der Waals surface area contributed by atoms with Gasteiger partial charge < -0.3 is 39.1 Å². The molecule has 0 atom stereocenters. The van der Waals surface area contributed by atoms with Crippen molar-refractivity contribution in [1.29, 1.82) is 0 Å². The van der Waals surface area contributed by atoms with Crippen LogP contribution < -0.4 is 0 Å². The lowest BCUT2D eigenvalue weighted by Crippen LogP contribution is -2.38. The number of nitrogens with zero attached hydrogens (tertiary/aromatic N) is 4. The highest BCUT2D eigenvalue weighted by atomic mass is 31.2. The molecule has 0 spiro atoms. The van der Waals surface area contributed by atoms with Crippen LogP contribution in [0, 0.1) is 0 Å². The van der Waals surface area contributed by atoms with E-state index < -0.39 is 70.3 Å². The van der Waals surface area contributed by atoms with Crippen molar-refractivity contribution in [1.82, 2.24) is 18.7 Å². The molecule has 1 aliphatic heterocycles. The van der Waals surface area contributed by atoms with Crippen LogP contribution >= 0.6 is 31.0 Å². The van der Waals surface area contributed by atoms with Crippen LogP contribution in [0.25, 0.3) is 0 Å². The first-order chi connectivity index (χ1) is 12.4. The van der Waals surface area contributed by atoms with Gasteiger partial charge in [0.2, 0.25) is 0 Å². The van der Waals surface area contributed by atoms with E-state index in [0.717, 1.165) is 0 Å². The van der Waals surface area contributed by atoms with Gasteiger partial charge in [-0.25, -0.2) is 27.6 Å². The average molecular weight is 490 g/mol. The third kappa shape index (κ3) is 8.31. The Morgan fingerprint density at radius 2 is 0.714 bits per heavy atom. The molecule has 0 aromatic carbocycles. The molecule has 0 saturated carbocycles. The quantitative estimate of drug-likeness (QED) is 0.200. The minimum Gasteiger partial charge on any atom is -0.312 e. The molecular weight excluding hydrogens is 468 g/mol. The summed E-state index contributed by atoms with van der Waals surface area (Å²) in [6.45, 7) is -3.74. The predicted molar refractivity (Wildman–Crippen MR) is 93.9 cm³/mol. The molecule has 1 aliphatic rings. The molecule has 16 nitrogen and oxygen atoms in total. The molecule has 0 amide bonds. The van der Waals surface area contributed by atoms with Crippen molar-refractivity contribution in [2.75, 3.05) is 39.3 Å². The molecular formula is C8H22N4O12P4. The fourth-order valence-electron chi connectivity index (χ4n) is 2.15. The Morgan fingerprint density at radius 1 is 0.464 bits per heavy atom. The van der Waals surface area contributed by atoms with E-state index in [1.807, 2.05) is 0 Å². The van der Waals surface area contributed by atoms with E-state index in [1.165, 1.54) is 0 Å². The van der Waals surface area contributed by atoms with E-state index in [9.17, 15) is 57.4 Å². The Bertz CT molecular complexity index is 691. The number of hydrogen-bond acceptors (Lipinski definition) is 4. The summed E-state index contributed by atoms with van der Waals surface area (Å²) in [5.74, 6) is 0. The highest BCUT2D eigenvalue weighted by Gasteiger charge is 2.34. The van der Waals surface area contributed by atoms with E-state index >= 15 is 0 Å². The molecule has 0 bridgehead atoms. The molecule has 1 heterocycles. The Kier molecular flexibility index (Phi) is 8.64. The van der Waals surface area contributed by atoms with Crippen molar-refractivity contribution < 1.29 is 57.4 Å². The second-order valence-electron chi connectivity index (χ2n) is 5.58. The molecule has 0 radical (unpaired) electrons.